The molecule has 0 amide bonds. The number of nitrogens with zero attached hydrogens (tertiary/aromatic N) is 2. The van der Waals surface area contributed by atoms with Gasteiger partial charge in [-0.25, -0.2) is 13.8 Å². The molecule has 0 saturated carbocycles. The fraction of sp³-hybridized carbons (Fsp3) is 0.500. The van der Waals surface area contributed by atoms with Gasteiger partial charge < -0.3 is 9.47 Å². The molecule has 1 aromatic heterocycles. The zero-order valence-corrected chi connectivity index (χ0v) is 9.64. The molecule has 0 aromatic carbocycles. The first-order valence-corrected chi connectivity index (χ1v) is 5.10. The van der Waals surface area contributed by atoms with Crippen LogP contribution in [0.15, 0.2) is 12.3 Å². The monoisotopic (exact) mass is 262 g/mol. The number of aromatic nitrogens is 1. The predicted molar refractivity (Wildman–Crippen MR) is 57.9 cm³/mol. The van der Waals surface area contributed by atoms with Crippen LogP contribution in [0.5, 0.6) is 5.88 Å². The van der Waals surface area contributed by atoms with Crippen molar-refractivity contribution in [2.75, 3.05) is 19.8 Å². The maximum atomic E-state index is 11.7. The molecule has 0 atom stereocenters. The fourth-order valence-electron chi connectivity index (χ4n) is 1.15. The lowest BCUT2D eigenvalue weighted by atomic mass is 10.3. The molecule has 0 N–H and O–H groups in total. The van der Waals surface area contributed by atoms with E-state index in [1.165, 1.54) is 12.3 Å². The molecule has 0 radical (unpaired) electrons. The van der Waals surface area contributed by atoms with Gasteiger partial charge in [-0.2, -0.15) is 0 Å². The molecule has 0 bridgehead atoms. The zero-order valence-electron chi connectivity index (χ0n) is 9.64. The Hall–Kier alpha value is -1.83. The van der Waals surface area contributed by atoms with E-state index in [9.17, 15) is 18.9 Å². The van der Waals surface area contributed by atoms with Crippen molar-refractivity contribution in [3.05, 3.63) is 27.9 Å². The number of nitro groups is 1. The third kappa shape index (κ3) is 4.58. The number of halogens is 2. The normalized spacial score (nSPS) is 10.7. The minimum atomic E-state index is -2.54. The summed E-state index contributed by atoms with van der Waals surface area (Å²) in [5.41, 5.74) is 0.367. The molecule has 0 aliphatic rings. The summed E-state index contributed by atoms with van der Waals surface area (Å²) >= 11 is 0. The molecule has 0 unspecified atom stereocenters. The lowest BCUT2D eigenvalue weighted by molar-refractivity contribution is -0.386. The van der Waals surface area contributed by atoms with Crippen molar-refractivity contribution in [1.82, 2.24) is 4.98 Å². The number of aryl methyl sites for hydroxylation is 1. The van der Waals surface area contributed by atoms with Crippen molar-refractivity contribution in [2.45, 2.75) is 13.3 Å². The van der Waals surface area contributed by atoms with Crippen molar-refractivity contribution in [1.29, 1.82) is 0 Å². The summed E-state index contributed by atoms with van der Waals surface area (Å²) in [5.74, 6) is -0.147. The number of alkyl halides is 2. The summed E-state index contributed by atoms with van der Waals surface area (Å²) in [6, 6.07) is 1.32. The Labute approximate surface area is 102 Å². The predicted octanol–water partition coefficient (Wildman–Crippen LogP) is 1.96. The first-order chi connectivity index (χ1) is 8.50. The van der Waals surface area contributed by atoms with Crippen molar-refractivity contribution >= 4 is 5.69 Å². The quantitative estimate of drug-likeness (QED) is 0.426. The van der Waals surface area contributed by atoms with E-state index in [-0.39, 0.29) is 24.8 Å². The van der Waals surface area contributed by atoms with Crippen LogP contribution in [-0.4, -0.2) is 36.2 Å². The third-order valence-electron chi connectivity index (χ3n) is 1.88. The van der Waals surface area contributed by atoms with Crippen LogP contribution < -0.4 is 4.74 Å². The SMILES string of the molecule is Cc1cnc(OCCOCC(F)F)c([N+](=O)[O-])c1. The van der Waals surface area contributed by atoms with Crippen molar-refractivity contribution in [3.8, 4) is 5.88 Å². The Morgan fingerprint density at radius 1 is 1.50 bits per heavy atom. The molecular weight excluding hydrogens is 250 g/mol. The van der Waals surface area contributed by atoms with Crippen LogP contribution in [0.1, 0.15) is 5.56 Å². The van der Waals surface area contributed by atoms with E-state index in [2.05, 4.69) is 9.72 Å². The van der Waals surface area contributed by atoms with Crippen molar-refractivity contribution in [3.63, 3.8) is 0 Å². The van der Waals surface area contributed by atoms with E-state index in [4.69, 9.17) is 4.74 Å². The second kappa shape index (κ2) is 6.80. The Kier molecular flexibility index (Phi) is 5.37. The highest BCUT2D eigenvalue weighted by atomic mass is 19.3. The molecule has 1 rings (SSSR count). The highest BCUT2D eigenvalue weighted by Gasteiger charge is 2.16. The van der Waals surface area contributed by atoms with Gasteiger partial charge in [0.2, 0.25) is 0 Å². The number of pyridine rings is 1. The highest BCUT2D eigenvalue weighted by molar-refractivity contribution is 5.42. The second-order valence-electron chi connectivity index (χ2n) is 3.41. The Balaban J connectivity index is 2.49. The minimum absolute atomic E-state index is 0.0797. The Bertz CT molecular complexity index is 415. The minimum Gasteiger partial charge on any atom is -0.470 e. The Morgan fingerprint density at radius 2 is 2.22 bits per heavy atom. The van der Waals surface area contributed by atoms with Gasteiger partial charge in [-0.3, -0.25) is 10.1 Å². The van der Waals surface area contributed by atoms with Gasteiger partial charge in [0.25, 0.3) is 12.3 Å². The number of rotatable bonds is 7. The van der Waals surface area contributed by atoms with E-state index < -0.39 is 18.0 Å². The van der Waals surface area contributed by atoms with Gasteiger partial charge in [0.05, 0.1) is 11.5 Å². The lowest BCUT2D eigenvalue weighted by Gasteiger charge is -2.06. The summed E-state index contributed by atoms with van der Waals surface area (Å²) < 4.78 is 33.0. The molecule has 6 nitrogen and oxygen atoms in total. The molecule has 1 heterocycles. The summed E-state index contributed by atoms with van der Waals surface area (Å²) in [5, 5.41) is 10.7. The van der Waals surface area contributed by atoms with Crippen LogP contribution in [0, 0.1) is 17.0 Å². The topological polar surface area (TPSA) is 74.5 Å². The smallest absolute Gasteiger partial charge is 0.331 e. The second-order valence-corrected chi connectivity index (χ2v) is 3.41. The number of ether oxygens (including phenoxy) is 2. The summed E-state index contributed by atoms with van der Waals surface area (Å²) in [4.78, 5) is 13.9. The first-order valence-electron chi connectivity index (χ1n) is 5.10. The van der Waals surface area contributed by atoms with Crippen LogP contribution in [0.3, 0.4) is 0 Å². The summed E-state index contributed by atoms with van der Waals surface area (Å²) in [7, 11) is 0. The van der Waals surface area contributed by atoms with Gasteiger partial charge in [0.1, 0.15) is 13.2 Å². The fourth-order valence-corrected chi connectivity index (χ4v) is 1.15. The van der Waals surface area contributed by atoms with Crippen LogP contribution >= 0.6 is 0 Å². The van der Waals surface area contributed by atoms with Gasteiger partial charge >= 0.3 is 5.69 Å². The molecule has 8 heteroatoms. The van der Waals surface area contributed by atoms with Gasteiger partial charge in [0, 0.05) is 12.3 Å². The molecule has 100 valence electrons. The van der Waals surface area contributed by atoms with Gasteiger partial charge in [-0.15, -0.1) is 0 Å². The maximum absolute atomic E-state index is 11.7. The van der Waals surface area contributed by atoms with E-state index in [0.29, 0.717) is 5.56 Å². The van der Waals surface area contributed by atoms with Crippen LogP contribution in [0.4, 0.5) is 14.5 Å². The van der Waals surface area contributed by atoms with E-state index in [1.54, 1.807) is 6.92 Å². The van der Waals surface area contributed by atoms with Gasteiger partial charge in [-0.1, -0.05) is 0 Å². The Morgan fingerprint density at radius 3 is 2.83 bits per heavy atom. The molecule has 1 aromatic rings. The average molecular weight is 262 g/mol. The molecule has 18 heavy (non-hydrogen) atoms. The molecule has 0 spiro atoms. The average Bonchev–Trinajstić information content (AvgIpc) is 2.29. The van der Waals surface area contributed by atoms with Crippen LogP contribution in [-0.2, 0) is 4.74 Å². The lowest BCUT2D eigenvalue weighted by Crippen LogP contribution is -2.12. The standard InChI is InChI=1S/C10H12F2N2O4/c1-7-4-8(14(15)16)10(13-5-7)18-3-2-17-6-9(11)12/h4-5,9H,2-3,6H2,1H3. The number of hydrogen-bond acceptors (Lipinski definition) is 5. The maximum Gasteiger partial charge on any atom is 0.331 e. The molecule has 0 fully saturated rings. The van der Waals surface area contributed by atoms with Gasteiger partial charge in [-0.05, 0) is 12.5 Å². The van der Waals surface area contributed by atoms with Crippen LogP contribution in [0.2, 0.25) is 0 Å². The summed E-state index contributed by atoms with van der Waals surface area (Å²) in [6.45, 7) is 0.809. The highest BCUT2D eigenvalue weighted by Crippen LogP contribution is 2.24. The van der Waals surface area contributed by atoms with E-state index in [1.807, 2.05) is 0 Å². The van der Waals surface area contributed by atoms with E-state index in [0.717, 1.165) is 0 Å². The molecular formula is C10H12F2N2O4. The van der Waals surface area contributed by atoms with Gasteiger partial charge in [0.15, 0.2) is 0 Å². The van der Waals surface area contributed by atoms with Crippen molar-refractivity contribution < 1.29 is 23.2 Å². The van der Waals surface area contributed by atoms with E-state index >= 15 is 0 Å². The first kappa shape index (κ1) is 14.2. The summed E-state index contributed by atoms with van der Waals surface area (Å²) in [6.07, 6.45) is -1.13. The molecule has 0 saturated heterocycles. The van der Waals surface area contributed by atoms with Crippen molar-refractivity contribution in [2.24, 2.45) is 0 Å². The number of hydrogen-bond donors (Lipinski definition) is 0. The zero-order chi connectivity index (χ0) is 13.5. The molecule has 0 aliphatic heterocycles. The molecule has 0 aliphatic carbocycles. The largest absolute Gasteiger partial charge is 0.470 e. The third-order valence-corrected chi connectivity index (χ3v) is 1.88. The van der Waals surface area contributed by atoms with Crippen LogP contribution in [0.25, 0.3) is 0 Å².